The summed E-state index contributed by atoms with van der Waals surface area (Å²) >= 11 is 0. The normalized spacial score (nSPS) is 13.9. The molecule has 140 valence electrons. The molecule has 0 atom stereocenters. The van der Waals surface area contributed by atoms with Gasteiger partial charge in [0.15, 0.2) is 5.78 Å². The molecular formula is C20H21N3O4. The lowest BCUT2D eigenvalue weighted by molar-refractivity contribution is -0.384. The maximum atomic E-state index is 13.0. The molecule has 0 radical (unpaired) electrons. The third-order valence-electron chi connectivity index (χ3n) is 4.69. The summed E-state index contributed by atoms with van der Waals surface area (Å²) < 4.78 is 0. The number of rotatable bonds is 5. The van der Waals surface area contributed by atoms with Crippen LogP contribution in [0.4, 0.5) is 17.1 Å². The molecule has 27 heavy (non-hydrogen) atoms. The molecule has 7 heteroatoms. The summed E-state index contributed by atoms with van der Waals surface area (Å²) in [7, 11) is 0. The Labute approximate surface area is 157 Å². The first-order chi connectivity index (χ1) is 13.0. The third kappa shape index (κ3) is 4.13. The van der Waals surface area contributed by atoms with Gasteiger partial charge in [0.25, 0.3) is 11.6 Å². The SMILES string of the molecule is CC(=O)c1ccccc1NC(=O)c1cc([N+](=O)[O-])ccc1N1CCCCC1. The zero-order chi connectivity index (χ0) is 19.4. The summed E-state index contributed by atoms with van der Waals surface area (Å²) in [6, 6.07) is 11.1. The highest BCUT2D eigenvalue weighted by Gasteiger charge is 2.22. The fourth-order valence-electron chi connectivity index (χ4n) is 3.32. The van der Waals surface area contributed by atoms with E-state index in [-0.39, 0.29) is 17.0 Å². The van der Waals surface area contributed by atoms with Gasteiger partial charge in [-0.1, -0.05) is 12.1 Å². The number of nitrogens with one attached hydrogen (secondary N) is 1. The van der Waals surface area contributed by atoms with Crippen LogP contribution in [0.2, 0.25) is 0 Å². The van der Waals surface area contributed by atoms with Crippen LogP contribution >= 0.6 is 0 Å². The molecule has 1 saturated heterocycles. The molecule has 2 aromatic carbocycles. The van der Waals surface area contributed by atoms with Crippen molar-refractivity contribution in [2.45, 2.75) is 26.2 Å². The Hall–Kier alpha value is -3.22. The lowest BCUT2D eigenvalue weighted by atomic mass is 10.0. The Balaban J connectivity index is 1.98. The minimum atomic E-state index is -0.514. The summed E-state index contributed by atoms with van der Waals surface area (Å²) in [6.07, 6.45) is 3.17. The maximum absolute atomic E-state index is 13.0. The average molecular weight is 367 g/mol. The van der Waals surface area contributed by atoms with E-state index in [1.54, 1.807) is 30.3 Å². The zero-order valence-corrected chi connectivity index (χ0v) is 15.1. The van der Waals surface area contributed by atoms with Crippen LogP contribution in [-0.4, -0.2) is 29.7 Å². The van der Waals surface area contributed by atoms with E-state index in [0.29, 0.717) is 16.9 Å². The quantitative estimate of drug-likeness (QED) is 0.489. The highest BCUT2D eigenvalue weighted by Crippen LogP contribution is 2.29. The van der Waals surface area contributed by atoms with Crippen molar-refractivity contribution in [2.75, 3.05) is 23.3 Å². The number of carbonyl (C=O) groups excluding carboxylic acids is 2. The lowest BCUT2D eigenvalue weighted by Gasteiger charge is -2.30. The average Bonchev–Trinajstić information content (AvgIpc) is 2.68. The van der Waals surface area contributed by atoms with Gasteiger partial charge in [0.2, 0.25) is 0 Å². The van der Waals surface area contributed by atoms with Crippen LogP contribution < -0.4 is 10.2 Å². The maximum Gasteiger partial charge on any atom is 0.270 e. The first kappa shape index (κ1) is 18.6. The molecule has 1 aliphatic heterocycles. The van der Waals surface area contributed by atoms with Crippen molar-refractivity contribution in [1.29, 1.82) is 0 Å². The number of piperidine rings is 1. The number of hydrogen-bond donors (Lipinski definition) is 1. The number of ketones is 1. The Kier molecular flexibility index (Phi) is 5.49. The van der Waals surface area contributed by atoms with Crippen LogP contribution in [-0.2, 0) is 0 Å². The number of para-hydroxylation sites is 1. The summed E-state index contributed by atoms with van der Waals surface area (Å²) in [6.45, 7) is 3.04. The van der Waals surface area contributed by atoms with E-state index < -0.39 is 10.8 Å². The first-order valence-electron chi connectivity index (χ1n) is 8.92. The van der Waals surface area contributed by atoms with E-state index >= 15 is 0 Å². The number of nitrogens with zero attached hydrogens (tertiary/aromatic N) is 2. The molecule has 1 amide bonds. The Bertz CT molecular complexity index is 889. The molecule has 0 aromatic heterocycles. The lowest BCUT2D eigenvalue weighted by Crippen LogP contribution is -2.31. The molecule has 1 fully saturated rings. The molecule has 0 aliphatic carbocycles. The fraction of sp³-hybridized carbons (Fsp3) is 0.300. The third-order valence-corrected chi connectivity index (χ3v) is 4.69. The standard InChI is InChI=1S/C20H21N3O4/c1-14(24)16-7-3-4-8-18(16)21-20(25)17-13-15(23(26)27)9-10-19(17)22-11-5-2-6-12-22/h3-4,7-10,13H,2,5-6,11-12H2,1H3,(H,21,25). The molecule has 1 aliphatic rings. The number of carbonyl (C=O) groups is 2. The van der Waals surface area contributed by atoms with E-state index in [0.717, 1.165) is 32.4 Å². The van der Waals surface area contributed by atoms with Gasteiger partial charge in [0.1, 0.15) is 0 Å². The van der Waals surface area contributed by atoms with Crippen LogP contribution in [0.5, 0.6) is 0 Å². The van der Waals surface area contributed by atoms with Gasteiger partial charge < -0.3 is 10.2 Å². The van der Waals surface area contributed by atoms with Gasteiger partial charge in [-0.3, -0.25) is 19.7 Å². The highest BCUT2D eigenvalue weighted by atomic mass is 16.6. The number of anilines is 2. The Morgan fingerprint density at radius 1 is 1.04 bits per heavy atom. The molecule has 3 rings (SSSR count). The number of hydrogen-bond acceptors (Lipinski definition) is 5. The summed E-state index contributed by atoms with van der Waals surface area (Å²) in [5.74, 6) is -0.630. The summed E-state index contributed by atoms with van der Waals surface area (Å²) in [5, 5.41) is 13.9. The van der Waals surface area contributed by atoms with Gasteiger partial charge >= 0.3 is 0 Å². The number of Topliss-reactive ketones (excluding diaryl/α,β-unsaturated/α-hetero) is 1. The van der Waals surface area contributed by atoms with E-state index in [1.807, 2.05) is 0 Å². The van der Waals surface area contributed by atoms with E-state index in [4.69, 9.17) is 0 Å². The van der Waals surface area contributed by atoms with Crippen LogP contribution in [0.1, 0.15) is 46.9 Å². The molecule has 2 aromatic rings. The van der Waals surface area contributed by atoms with Gasteiger partial charge in [0, 0.05) is 30.8 Å². The number of amides is 1. The van der Waals surface area contributed by atoms with Crippen LogP contribution in [0.25, 0.3) is 0 Å². The predicted octanol–water partition coefficient (Wildman–Crippen LogP) is 4.04. The minimum Gasteiger partial charge on any atom is -0.371 e. The molecular weight excluding hydrogens is 346 g/mol. The van der Waals surface area contributed by atoms with Crippen molar-refractivity contribution < 1.29 is 14.5 Å². The number of nitro benzene ring substituents is 1. The van der Waals surface area contributed by atoms with Crippen molar-refractivity contribution in [1.82, 2.24) is 0 Å². The number of benzene rings is 2. The van der Waals surface area contributed by atoms with E-state index in [1.165, 1.54) is 19.1 Å². The fourth-order valence-corrected chi connectivity index (χ4v) is 3.32. The Morgan fingerprint density at radius 3 is 2.41 bits per heavy atom. The van der Waals surface area contributed by atoms with Gasteiger partial charge in [-0.2, -0.15) is 0 Å². The highest BCUT2D eigenvalue weighted by molar-refractivity contribution is 6.11. The van der Waals surface area contributed by atoms with Crippen molar-refractivity contribution >= 4 is 28.8 Å². The molecule has 0 bridgehead atoms. The molecule has 1 N–H and O–H groups in total. The minimum absolute atomic E-state index is 0.138. The predicted molar refractivity (Wildman–Crippen MR) is 104 cm³/mol. The molecule has 7 nitrogen and oxygen atoms in total. The van der Waals surface area contributed by atoms with Crippen molar-refractivity contribution in [3.05, 3.63) is 63.7 Å². The van der Waals surface area contributed by atoms with Crippen molar-refractivity contribution in [3.63, 3.8) is 0 Å². The second-order valence-electron chi connectivity index (χ2n) is 6.56. The van der Waals surface area contributed by atoms with Crippen molar-refractivity contribution in [2.24, 2.45) is 0 Å². The first-order valence-corrected chi connectivity index (χ1v) is 8.92. The van der Waals surface area contributed by atoms with Gasteiger partial charge in [-0.15, -0.1) is 0 Å². The molecule has 0 spiro atoms. The van der Waals surface area contributed by atoms with Crippen LogP contribution in [0, 0.1) is 10.1 Å². The molecule has 1 heterocycles. The van der Waals surface area contributed by atoms with Gasteiger partial charge in [-0.05, 0) is 44.4 Å². The smallest absolute Gasteiger partial charge is 0.270 e. The second kappa shape index (κ2) is 7.99. The van der Waals surface area contributed by atoms with Crippen molar-refractivity contribution in [3.8, 4) is 0 Å². The number of non-ortho nitro benzene ring substituents is 1. The Morgan fingerprint density at radius 2 is 1.74 bits per heavy atom. The molecule has 0 saturated carbocycles. The number of nitro groups is 1. The monoisotopic (exact) mass is 367 g/mol. The summed E-state index contributed by atoms with van der Waals surface area (Å²) in [4.78, 5) is 37.5. The second-order valence-corrected chi connectivity index (χ2v) is 6.56. The molecule has 0 unspecified atom stereocenters. The zero-order valence-electron chi connectivity index (χ0n) is 15.1. The largest absolute Gasteiger partial charge is 0.371 e. The van der Waals surface area contributed by atoms with E-state index in [9.17, 15) is 19.7 Å². The topological polar surface area (TPSA) is 92.5 Å². The van der Waals surface area contributed by atoms with Crippen LogP contribution in [0.15, 0.2) is 42.5 Å². The summed E-state index contributed by atoms with van der Waals surface area (Å²) in [5.41, 5.74) is 1.57. The van der Waals surface area contributed by atoms with Gasteiger partial charge in [-0.25, -0.2) is 0 Å². The van der Waals surface area contributed by atoms with Crippen LogP contribution in [0.3, 0.4) is 0 Å². The van der Waals surface area contributed by atoms with Gasteiger partial charge in [0.05, 0.1) is 21.9 Å². The van der Waals surface area contributed by atoms with E-state index in [2.05, 4.69) is 10.2 Å².